The highest BCUT2D eigenvalue weighted by atomic mass is 32.2. The highest BCUT2D eigenvalue weighted by molar-refractivity contribution is 7.99. The van der Waals surface area contributed by atoms with Gasteiger partial charge in [0.2, 0.25) is 15.9 Å². The third-order valence-corrected chi connectivity index (χ3v) is 8.00. The highest BCUT2D eigenvalue weighted by Gasteiger charge is 2.27. The SMILES string of the molecule is CCn1c(SCC(=O)N2CCN(S(=O)(=O)/C=C/c3ccccc3)CC2)nnc1-c1ccncc1. The fraction of sp³-hybridized carbons (Fsp3) is 0.304. The number of amides is 1. The van der Waals surface area contributed by atoms with Crippen LogP contribution in [0.25, 0.3) is 17.5 Å². The molecule has 3 aromatic rings. The summed E-state index contributed by atoms with van der Waals surface area (Å²) >= 11 is 1.34. The lowest BCUT2D eigenvalue weighted by atomic mass is 10.2. The smallest absolute Gasteiger partial charge is 0.236 e. The van der Waals surface area contributed by atoms with Crippen molar-refractivity contribution < 1.29 is 13.2 Å². The van der Waals surface area contributed by atoms with Crippen LogP contribution >= 0.6 is 11.8 Å². The second-order valence-corrected chi connectivity index (χ2v) is 10.4. The van der Waals surface area contributed by atoms with Crippen LogP contribution in [-0.2, 0) is 21.4 Å². The summed E-state index contributed by atoms with van der Waals surface area (Å²) < 4.78 is 28.7. The monoisotopic (exact) mass is 498 g/mol. The van der Waals surface area contributed by atoms with Crippen molar-refractivity contribution >= 4 is 33.8 Å². The molecule has 34 heavy (non-hydrogen) atoms. The first-order valence-electron chi connectivity index (χ1n) is 11.0. The number of nitrogens with zero attached hydrogens (tertiary/aromatic N) is 6. The fourth-order valence-corrected chi connectivity index (χ4v) is 5.70. The van der Waals surface area contributed by atoms with E-state index in [2.05, 4.69) is 15.2 Å². The third-order valence-electron chi connectivity index (χ3n) is 5.48. The molecule has 0 radical (unpaired) electrons. The Labute approximate surface area is 203 Å². The maximum atomic E-state index is 12.8. The molecule has 0 spiro atoms. The first-order chi connectivity index (χ1) is 16.5. The van der Waals surface area contributed by atoms with Crippen LogP contribution in [-0.4, -0.2) is 75.2 Å². The minimum absolute atomic E-state index is 0.0435. The molecule has 1 saturated heterocycles. The Balaban J connectivity index is 1.31. The maximum Gasteiger partial charge on any atom is 0.236 e. The van der Waals surface area contributed by atoms with Crippen molar-refractivity contribution in [2.45, 2.75) is 18.6 Å². The summed E-state index contributed by atoms with van der Waals surface area (Å²) in [6.07, 6.45) is 5.00. The van der Waals surface area contributed by atoms with Gasteiger partial charge in [-0.15, -0.1) is 10.2 Å². The summed E-state index contributed by atoms with van der Waals surface area (Å²) in [5.41, 5.74) is 1.74. The summed E-state index contributed by atoms with van der Waals surface area (Å²) in [6.45, 7) is 3.95. The van der Waals surface area contributed by atoms with Gasteiger partial charge in [-0.1, -0.05) is 42.1 Å². The Morgan fingerprint density at radius 2 is 1.74 bits per heavy atom. The van der Waals surface area contributed by atoms with Gasteiger partial charge in [-0.3, -0.25) is 9.78 Å². The molecule has 4 rings (SSSR count). The van der Waals surface area contributed by atoms with Crippen LogP contribution in [0, 0.1) is 0 Å². The average molecular weight is 499 g/mol. The number of rotatable bonds is 8. The average Bonchev–Trinajstić information content (AvgIpc) is 3.30. The number of carbonyl (C=O) groups is 1. The molecule has 1 aromatic carbocycles. The minimum atomic E-state index is -3.53. The first-order valence-corrected chi connectivity index (χ1v) is 13.4. The van der Waals surface area contributed by atoms with Crippen LogP contribution < -0.4 is 0 Å². The van der Waals surface area contributed by atoms with Crippen molar-refractivity contribution in [1.29, 1.82) is 0 Å². The van der Waals surface area contributed by atoms with Gasteiger partial charge in [-0.05, 0) is 30.7 Å². The highest BCUT2D eigenvalue weighted by Crippen LogP contribution is 2.24. The van der Waals surface area contributed by atoms with Gasteiger partial charge in [0.25, 0.3) is 0 Å². The van der Waals surface area contributed by atoms with Gasteiger partial charge < -0.3 is 9.47 Å². The van der Waals surface area contributed by atoms with Crippen molar-refractivity contribution in [3.05, 3.63) is 65.8 Å². The maximum absolute atomic E-state index is 12.8. The molecule has 0 atom stereocenters. The zero-order chi connectivity index (χ0) is 24.0. The van der Waals surface area contributed by atoms with E-state index >= 15 is 0 Å². The zero-order valence-corrected chi connectivity index (χ0v) is 20.5. The number of aromatic nitrogens is 4. The van der Waals surface area contributed by atoms with Gasteiger partial charge in [-0.25, -0.2) is 8.42 Å². The molecule has 0 N–H and O–H groups in total. The lowest BCUT2D eigenvalue weighted by molar-refractivity contribution is -0.129. The summed E-state index contributed by atoms with van der Waals surface area (Å²) in [4.78, 5) is 18.5. The number of piperazine rings is 1. The number of pyridine rings is 1. The van der Waals surface area contributed by atoms with Crippen LogP contribution in [0.15, 0.2) is 65.4 Å². The Hall–Kier alpha value is -3.02. The van der Waals surface area contributed by atoms with Crippen molar-refractivity contribution in [2.24, 2.45) is 0 Å². The summed E-state index contributed by atoms with van der Waals surface area (Å²) in [5.74, 6) is 0.912. The molecule has 0 saturated carbocycles. The molecule has 0 bridgehead atoms. The van der Waals surface area contributed by atoms with Gasteiger partial charge in [0, 0.05) is 56.1 Å². The number of hydrogen-bond donors (Lipinski definition) is 0. The lowest BCUT2D eigenvalue weighted by Gasteiger charge is -2.33. The van der Waals surface area contributed by atoms with Crippen molar-refractivity contribution in [1.82, 2.24) is 29.0 Å². The second-order valence-electron chi connectivity index (χ2n) is 7.61. The number of thioether (sulfide) groups is 1. The molecule has 0 aliphatic carbocycles. The van der Waals surface area contributed by atoms with E-state index in [1.54, 1.807) is 23.4 Å². The number of carbonyl (C=O) groups excluding carboxylic acids is 1. The zero-order valence-electron chi connectivity index (χ0n) is 18.8. The normalized spacial score (nSPS) is 15.1. The van der Waals surface area contributed by atoms with E-state index in [0.29, 0.717) is 24.8 Å². The standard InChI is InChI=1S/C23H26N6O3S2/c1-2-29-22(20-8-11-24-12-9-20)25-26-23(29)33-18-21(30)27-13-15-28(16-14-27)34(31,32)17-10-19-6-4-3-5-7-19/h3-12,17H,2,13-16,18H2,1H3/b17-10+. The van der Waals surface area contributed by atoms with Crippen LogP contribution in [0.5, 0.6) is 0 Å². The lowest BCUT2D eigenvalue weighted by Crippen LogP contribution is -2.50. The number of hydrogen-bond acceptors (Lipinski definition) is 7. The molecule has 11 heteroatoms. The molecule has 1 fully saturated rings. The van der Waals surface area contributed by atoms with Crippen molar-refractivity contribution in [2.75, 3.05) is 31.9 Å². The van der Waals surface area contributed by atoms with Crippen LogP contribution in [0.2, 0.25) is 0 Å². The number of sulfonamides is 1. The second kappa shape index (κ2) is 10.9. The van der Waals surface area contributed by atoms with Gasteiger partial charge >= 0.3 is 0 Å². The molecule has 0 unspecified atom stereocenters. The van der Waals surface area contributed by atoms with E-state index in [4.69, 9.17) is 0 Å². The fourth-order valence-electron chi connectivity index (χ4n) is 3.62. The van der Waals surface area contributed by atoms with E-state index in [-0.39, 0.29) is 24.7 Å². The third kappa shape index (κ3) is 5.72. The molecular formula is C23H26N6O3S2. The first kappa shape index (κ1) is 24.1. The molecule has 9 nitrogen and oxygen atoms in total. The minimum Gasteiger partial charge on any atom is -0.339 e. The predicted octanol–water partition coefficient (Wildman–Crippen LogP) is 2.60. The van der Waals surface area contributed by atoms with E-state index < -0.39 is 10.0 Å². The van der Waals surface area contributed by atoms with Crippen LogP contribution in [0.3, 0.4) is 0 Å². The van der Waals surface area contributed by atoms with E-state index in [1.807, 2.05) is 54.0 Å². The molecular weight excluding hydrogens is 472 g/mol. The molecule has 1 aliphatic heterocycles. The van der Waals surface area contributed by atoms with Crippen molar-refractivity contribution in [3.8, 4) is 11.4 Å². The van der Waals surface area contributed by atoms with Gasteiger partial charge in [0.1, 0.15) is 0 Å². The Morgan fingerprint density at radius 1 is 1.03 bits per heavy atom. The molecule has 2 aromatic heterocycles. The molecule has 1 aliphatic rings. The Bertz CT molecular complexity index is 1240. The van der Waals surface area contributed by atoms with Gasteiger partial charge in [0.15, 0.2) is 11.0 Å². The summed E-state index contributed by atoms with van der Waals surface area (Å²) in [5, 5.41) is 10.4. The quantitative estimate of drug-likeness (QED) is 0.440. The summed E-state index contributed by atoms with van der Waals surface area (Å²) in [6, 6.07) is 13.0. The summed E-state index contributed by atoms with van der Waals surface area (Å²) in [7, 11) is -3.53. The number of benzene rings is 1. The van der Waals surface area contributed by atoms with Crippen molar-refractivity contribution in [3.63, 3.8) is 0 Å². The van der Waals surface area contributed by atoms with E-state index in [9.17, 15) is 13.2 Å². The Morgan fingerprint density at radius 3 is 2.41 bits per heavy atom. The van der Waals surface area contributed by atoms with Gasteiger partial charge in [0.05, 0.1) is 5.75 Å². The molecule has 3 heterocycles. The van der Waals surface area contributed by atoms with E-state index in [1.165, 1.54) is 21.5 Å². The van der Waals surface area contributed by atoms with Crippen LogP contribution in [0.4, 0.5) is 0 Å². The molecule has 178 valence electrons. The van der Waals surface area contributed by atoms with Gasteiger partial charge in [-0.2, -0.15) is 4.31 Å². The predicted molar refractivity (Wildman–Crippen MR) is 132 cm³/mol. The Kier molecular flexibility index (Phi) is 7.76. The molecule has 1 amide bonds. The van der Waals surface area contributed by atoms with Crippen LogP contribution in [0.1, 0.15) is 12.5 Å². The van der Waals surface area contributed by atoms with E-state index in [0.717, 1.165) is 17.0 Å². The largest absolute Gasteiger partial charge is 0.339 e. The topological polar surface area (TPSA) is 101 Å².